The van der Waals surface area contributed by atoms with E-state index in [0.717, 1.165) is 5.69 Å². The van der Waals surface area contributed by atoms with E-state index < -0.39 is 22.1 Å². The van der Waals surface area contributed by atoms with Crippen LogP contribution in [0.2, 0.25) is 0 Å². The molecule has 0 amide bonds. The second kappa shape index (κ2) is 6.42. The van der Waals surface area contributed by atoms with Crippen LogP contribution in [0.1, 0.15) is 12.8 Å². The summed E-state index contributed by atoms with van der Waals surface area (Å²) in [6.45, 7) is 0.488. The van der Waals surface area contributed by atoms with Gasteiger partial charge in [0.15, 0.2) is 6.10 Å². The van der Waals surface area contributed by atoms with Gasteiger partial charge in [-0.3, -0.25) is 0 Å². The second-order valence-corrected chi connectivity index (χ2v) is 6.66. The molecule has 1 aromatic rings. The molecule has 1 aliphatic heterocycles. The van der Waals surface area contributed by atoms with Gasteiger partial charge in [0.1, 0.15) is 0 Å². The summed E-state index contributed by atoms with van der Waals surface area (Å²) in [6.07, 6.45) is 0.337. The highest BCUT2D eigenvalue weighted by atomic mass is 32.2. The first-order chi connectivity index (χ1) is 9.92. The second-order valence-electron chi connectivity index (χ2n) is 4.78. The average Bonchev–Trinajstić information content (AvgIpc) is 2.95. The van der Waals surface area contributed by atoms with E-state index in [-0.39, 0.29) is 11.0 Å². The number of ether oxygens (including phenoxy) is 1. The summed E-state index contributed by atoms with van der Waals surface area (Å²) in [7, 11) is -2.07. The maximum Gasteiger partial charge on any atom is 0.332 e. The van der Waals surface area contributed by atoms with Crippen LogP contribution in [0.3, 0.4) is 0 Å². The Kier molecular flexibility index (Phi) is 4.81. The van der Waals surface area contributed by atoms with E-state index in [2.05, 4.69) is 10.0 Å². The highest BCUT2D eigenvalue weighted by Crippen LogP contribution is 2.21. The van der Waals surface area contributed by atoms with Gasteiger partial charge in [0.05, 0.1) is 11.0 Å². The summed E-state index contributed by atoms with van der Waals surface area (Å²) >= 11 is 0. The van der Waals surface area contributed by atoms with Crippen molar-refractivity contribution < 1.29 is 23.1 Å². The van der Waals surface area contributed by atoms with E-state index in [4.69, 9.17) is 9.84 Å². The Hall–Kier alpha value is -1.64. The zero-order valence-corrected chi connectivity index (χ0v) is 12.4. The standard InChI is InChI=1S/C13H18N2O5S/c1-14-21(18,19)11-5-2-9(3-6-11)15-8-10-4-7-12(20-10)13(16)17/h2-3,5-6,10,12,14-15H,4,7-8H2,1H3,(H,16,17). The summed E-state index contributed by atoms with van der Waals surface area (Å²) in [5.74, 6) is -0.931. The zero-order chi connectivity index (χ0) is 15.5. The summed E-state index contributed by atoms with van der Waals surface area (Å²) < 4.78 is 30.8. The van der Waals surface area contributed by atoms with Gasteiger partial charge in [-0.25, -0.2) is 17.9 Å². The number of carboxylic acids is 1. The van der Waals surface area contributed by atoms with Gasteiger partial charge in [-0.15, -0.1) is 0 Å². The van der Waals surface area contributed by atoms with Crippen LogP contribution in [0, 0.1) is 0 Å². The fourth-order valence-corrected chi connectivity index (χ4v) is 2.87. The lowest BCUT2D eigenvalue weighted by molar-refractivity contribution is -0.149. The molecule has 2 atom stereocenters. The summed E-state index contributed by atoms with van der Waals surface area (Å²) in [4.78, 5) is 11.0. The van der Waals surface area contributed by atoms with Crippen molar-refractivity contribution in [2.45, 2.75) is 29.9 Å². The largest absolute Gasteiger partial charge is 0.479 e. The maximum absolute atomic E-state index is 11.6. The predicted molar refractivity (Wildman–Crippen MR) is 76.7 cm³/mol. The lowest BCUT2D eigenvalue weighted by Crippen LogP contribution is -2.24. The lowest BCUT2D eigenvalue weighted by Gasteiger charge is -2.13. The topological polar surface area (TPSA) is 105 Å². The average molecular weight is 314 g/mol. The molecule has 0 aromatic heterocycles. The molecule has 0 radical (unpaired) electrons. The van der Waals surface area contributed by atoms with Gasteiger partial charge in [0.2, 0.25) is 10.0 Å². The minimum absolute atomic E-state index is 0.146. The Morgan fingerprint density at radius 1 is 1.33 bits per heavy atom. The van der Waals surface area contributed by atoms with Crippen molar-refractivity contribution in [1.82, 2.24) is 4.72 Å². The van der Waals surface area contributed by atoms with Crippen molar-refractivity contribution in [3.8, 4) is 0 Å². The summed E-state index contributed by atoms with van der Waals surface area (Å²) in [6, 6.07) is 6.33. The van der Waals surface area contributed by atoms with E-state index in [1.54, 1.807) is 12.1 Å². The molecular weight excluding hydrogens is 296 g/mol. The Balaban J connectivity index is 1.89. The smallest absolute Gasteiger partial charge is 0.332 e. The van der Waals surface area contributed by atoms with Gasteiger partial charge in [0, 0.05) is 12.2 Å². The molecule has 116 valence electrons. The molecule has 1 aromatic carbocycles. The molecule has 1 saturated heterocycles. The van der Waals surface area contributed by atoms with Crippen LogP contribution in [0.15, 0.2) is 29.2 Å². The first-order valence-corrected chi connectivity index (χ1v) is 8.06. The molecule has 2 unspecified atom stereocenters. The fourth-order valence-electron chi connectivity index (χ4n) is 2.14. The van der Waals surface area contributed by atoms with Crippen LogP contribution in [0.25, 0.3) is 0 Å². The van der Waals surface area contributed by atoms with Gasteiger partial charge < -0.3 is 15.2 Å². The Bertz CT molecular complexity index is 599. The molecular formula is C13H18N2O5S. The number of hydrogen-bond donors (Lipinski definition) is 3. The quantitative estimate of drug-likeness (QED) is 0.712. The fraction of sp³-hybridized carbons (Fsp3) is 0.462. The predicted octanol–water partition coefficient (Wildman–Crippen LogP) is 0.639. The van der Waals surface area contributed by atoms with Crippen molar-refractivity contribution in [3.63, 3.8) is 0 Å². The molecule has 21 heavy (non-hydrogen) atoms. The molecule has 7 nitrogen and oxygen atoms in total. The number of anilines is 1. The molecule has 3 N–H and O–H groups in total. The molecule has 2 rings (SSSR count). The van der Waals surface area contributed by atoms with Gasteiger partial charge in [-0.1, -0.05) is 0 Å². The van der Waals surface area contributed by atoms with Crippen LogP contribution in [0.5, 0.6) is 0 Å². The van der Waals surface area contributed by atoms with Crippen molar-refractivity contribution in [2.75, 3.05) is 18.9 Å². The van der Waals surface area contributed by atoms with Gasteiger partial charge in [-0.2, -0.15) is 0 Å². The van der Waals surface area contributed by atoms with E-state index in [1.807, 2.05) is 0 Å². The molecule has 8 heteroatoms. The van der Waals surface area contributed by atoms with Crippen molar-refractivity contribution in [1.29, 1.82) is 0 Å². The minimum Gasteiger partial charge on any atom is -0.479 e. The van der Waals surface area contributed by atoms with Crippen molar-refractivity contribution >= 4 is 21.7 Å². The molecule has 1 aliphatic rings. The van der Waals surface area contributed by atoms with Crippen LogP contribution >= 0.6 is 0 Å². The van der Waals surface area contributed by atoms with E-state index >= 15 is 0 Å². The first-order valence-electron chi connectivity index (χ1n) is 6.58. The van der Waals surface area contributed by atoms with Crippen LogP contribution in [-0.4, -0.2) is 45.3 Å². The number of rotatable bonds is 6. The Labute approximate surface area is 123 Å². The number of aliphatic carboxylic acids is 1. The highest BCUT2D eigenvalue weighted by Gasteiger charge is 2.30. The number of carboxylic acid groups (broad SMARTS) is 1. The monoisotopic (exact) mass is 314 g/mol. The van der Waals surface area contributed by atoms with E-state index in [1.165, 1.54) is 19.2 Å². The normalized spacial score (nSPS) is 22.1. The van der Waals surface area contributed by atoms with Crippen LogP contribution in [0.4, 0.5) is 5.69 Å². The third-order valence-corrected chi connectivity index (χ3v) is 4.78. The Morgan fingerprint density at radius 2 is 2.00 bits per heavy atom. The third-order valence-electron chi connectivity index (χ3n) is 3.35. The van der Waals surface area contributed by atoms with Crippen molar-refractivity contribution in [2.24, 2.45) is 0 Å². The molecule has 0 spiro atoms. The number of benzene rings is 1. The molecule has 1 fully saturated rings. The van der Waals surface area contributed by atoms with Crippen molar-refractivity contribution in [3.05, 3.63) is 24.3 Å². The minimum atomic E-state index is -3.43. The number of sulfonamides is 1. The Morgan fingerprint density at radius 3 is 2.52 bits per heavy atom. The van der Waals surface area contributed by atoms with E-state index in [9.17, 15) is 13.2 Å². The van der Waals surface area contributed by atoms with E-state index in [0.29, 0.717) is 19.4 Å². The maximum atomic E-state index is 11.6. The SMILES string of the molecule is CNS(=O)(=O)c1ccc(NCC2CCC(C(=O)O)O2)cc1. The third kappa shape index (κ3) is 3.93. The van der Waals surface area contributed by atoms with Gasteiger partial charge >= 0.3 is 5.97 Å². The lowest BCUT2D eigenvalue weighted by atomic mass is 10.2. The van der Waals surface area contributed by atoms with Gasteiger partial charge in [0.25, 0.3) is 0 Å². The first kappa shape index (κ1) is 15.7. The number of hydrogen-bond acceptors (Lipinski definition) is 5. The summed E-state index contributed by atoms with van der Waals surface area (Å²) in [5.41, 5.74) is 0.757. The molecule has 1 heterocycles. The highest BCUT2D eigenvalue weighted by molar-refractivity contribution is 7.89. The summed E-state index contributed by atoms with van der Waals surface area (Å²) in [5, 5.41) is 11.9. The van der Waals surface area contributed by atoms with Crippen LogP contribution < -0.4 is 10.0 Å². The number of carbonyl (C=O) groups is 1. The zero-order valence-electron chi connectivity index (χ0n) is 11.6. The molecule has 0 bridgehead atoms. The van der Waals surface area contributed by atoms with Crippen LogP contribution in [-0.2, 0) is 19.6 Å². The molecule has 0 saturated carbocycles. The molecule has 0 aliphatic carbocycles. The number of nitrogens with one attached hydrogen (secondary N) is 2. The van der Waals surface area contributed by atoms with Gasteiger partial charge in [-0.05, 0) is 44.2 Å².